The van der Waals surface area contributed by atoms with Crippen LogP contribution in [-0.2, 0) is 31.5 Å². The van der Waals surface area contributed by atoms with E-state index < -0.39 is 46.9 Å². The number of carbonyl (C=O) groups excluding carboxylic acids is 4. The summed E-state index contributed by atoms with van der Waals surface area (Å²) in [6, 6.07) is 15.1. The molecule has 4 aliphatic heterocycles. The van der Waals surface area contributed by atoms with E-state index in [1.807, 2.05) is 0 Å². The summed E-state index contributed by atoms with van der Waals surface area (Å²) in [4.78, 5) is 51.9. The number of hydrogen-bond donors (Lipinski definition) is 5. The van der Waals surface area contributed by atoms with Crippen LogP contribution in [0.2, 0.25) is 0 Å². The molecule has 12 nitrogen and oxygen atoms in total. The number of carbonyl (C=O) groups is 4. The van der Waals surface area contributed by atoms with E-state index in [0.717, 1.165) is 12.1 Å². The number of nitrogens with zero attached hydrogens (tertiary/aromatic N) is 3. The van der Waals surface area contributed by atoms with Crippen LogP contribution >= 0.6 is 0 Å². The van der Waals surface area contributed by atoms with E-state index in [9.17, 15) is 54.3 Å². The van der Waals surface area contributed by atoms with E-state index in [1.165, 1.54) is 86.9 Å². The van der Waals surface area contributed by atoms with Crippen molar-refractivity contribution in [2.24, 2.45) is 0 Å². The highest BCUT2D eigenvalue weighted by atomic mass is 19.4. The molecule has 0 radical (unpaired) electrons. The molecule has 20 heteroatoms. The number of benzene rings is 4. The van der Waals surface area contributed by atoms with Gasteiger partial charge in [0.2, 0.25) is 11.8 Å². The molecule has 0 spiro atoms. The first kappa shape index (κ1) is 44.9. The third kappa shape index (κ3) is 10.1. The number of halogens is 8. The first-order chi connectivity index (χ1) is 30.2. The first-order valence-corrected chi connectivity index (χ1v) is 19.9. The van der Waals surface area contributed by atoms with Crippen molar-refractivity contribution in [3.63, 3.8) is 0 Å². The second-order valence-electron chi connectivity index (χ2n) is 15.3. The largest absolute Gasteiger partial charge is 0.418 e. The zero-order valence-corrected chi connectivity index (χ0v) is 34.1. The van der Waals surface area contributed by atoms with Crippen LogP contribution in [0.25, 0.3) is 11.1 Å². The van der Waals surface area contributed by atoms with Crippen molar-refractivity contribution in [1.82, 2.24) is 10.2 Å². The third-order valence-electron chi connectivity index (χ3n) is 10.9. The SMILES string of the molecule is CC(=O)N1CCN(c2ccc(N/C=C3/C(=O)Nc4cc(F)ccc43)cc2C(F)(F)F)CC1.CC(=O)NC1CCN(c2ccc(N/C=C3\C(=O)Nc4cc(F)ccc43)cc2C(F)(F)F)C1. The monoisotopic (exact) mass is 896 g/mol. The molecule has 4 aromatic rings. The third-order valence-corrected chi connectivity index (χ3v) is 10.9. The summed E-state index contributed by atoms with van der Waals surface area (Å²) in [7, 11) is 0. The Kier molecular flexibility index (Phi) is 12.6. The number of rotatable bonds is 7. The van der Waals surface area contributed by atoms with Crippen LogP contribution in [0.5, 0.6) is 0 Å². The molecular weight excluding hydrogens is 857 g/mol. The molecular formula is C44H40F8N8O4. The maximum absolute atomic E-state index is 13.8. The molecule has 5 N–H and O–H groups in total. The standard InChI is InChI=1S/2C22H20F4N4O2/c1-13(31)29-6-8-30(9-7-29)20-5-3-15(11-18(20)22(24,25)26)27-12-17-16-4-2-14(23)10-19(16)28-21(17)32;1-12(31)28-15-6-7-30(11-15)20-5-3-14(9-18(20)22(24,25)26)27-10-17-16-4-2-13(23)8-19(16)29-21(17)32/h2-5,10-12,27H,6-9H2,1H3,(H,28,32);2-5,8-10,15,27H,6-7,11H2,1H3,(H,28,31)(H,29,32)/b17-12+;17-10-. The normalized spacial score (nSPS) is 18.3. The number of amides is 4. The van der Waals surface area contributed by atoms with E-state index in [-0.39, 0.29) is 58.3 Å². The summed E-state index contributed by atoms with van der Waals surface area (Å²) < 4.78 is 109. The predicted octanol–water partition coefficient (Wildman–Crippen LogP) is 7.88. The highest BCUT2D eigenvalue weighted by Crippen LogP contribution is 2.41. The van der Waals surface area contributed by atoms with Gasteiger partial charge in [-0.05, 0) is 79.2 Å². The van der Waals surface area contributed by atoms with E-state index in [4.69, 9.17) is 0 Å². The van der Waals surface area contributed by atoms with Crippen molar-refractivity contribution >= 4 is 68.9 Å². The van der Waals surface area contributed by atoms with Gasteiger partial charge in [0.1, 0.15) is 11.6 Å². The first-order valence-electron chi connectivity index (χ1n) is 19.9. The number of anilines is 6. The van der Waals surface area contributed by atoms with Crippen LogP contribution in [0, 0.1) is 11.6 Å². The number of piperazine rings is 1. The fraction of sp³-hybridized carbons (Fsp3) is 0.273. The Bertz CT molecular complexity index is 2430. The van der Waals surface area contributed by atoms with Crippen LogP contribution < -0.4 is 36.4 Å². The van der Waals surface area contributed by atoms with Crippen molar-refractivity contribution in [1.29, 1.82) is 0 Å². The Labute approximate surface area is 361 Å². The second kappa shape index (κ2) is 17.9. The summed E-state index contributed by atoms with van der Waals surface area (Å²) in [5.74, 6) is -2.30. The van der Waals surface area contributed by atoms with Gasteiger partial charge in [-0.15, -0.1) is 0 Å². The lowest BCUT2D eigenvalue weighted by Crippen LogP contribution is -2.48. The zero-order valence-electron chi connectivity index (χ0n) is 34.1. The molecule has 0 bridgehead atoms. The molecule has 4 heterocycles. The van der Waals surface area contributed by atoms with Gasteiger partial charge >= 0.3 is 12.4 Å². The van der Waals surface area contributed by atoms with Gasteiger partial charge in [-0.25, -0.2) is 8.78 Å². The highest BCUT2D eigenvalue weighted by Gasteiger charge is 2.38. The molecule has 4 aromatic carbocycles. The maximum atomic E-state index is 13.8. The topological polar surface area (TPSA) is 138 Å². The Hall–Kier alpha value is -7.12. The van der Waals surface area contributed by atoms with Crippen molar-refractivity contribution in [3.8, 4) is 0 Å². The highest BCUT2D eigenvalue weighted by molar-refractivity contribution is 6.32. The lowest BCUT2D eigenvalue weighted by molar-refractivity contribution is -0.138. The van der Waals surface area contributed by atoms with Crippen molar-refractivity contribution in [2.45, 2.75) is 38.7 Å². The summed E-state index contributed by atoms with van der Waals surface area (Å²) in [5.41, 5.74) is 0.649. The quantitative estimate of drug-likeness (QED) is 0.0934. The molecule has 4 aliphatic rings. The average molecular weight is 897 g/mol. The predicted molar refractivity (Wildman–Crippen MR) is 225 cm³/mol. The maximum Gasteiger partial charge on any atom is 0.418 e. The lowest BCUT2D eigenvalue weighted by atomic mass is 10.1. The van der Waals surface area contributed by atoms with Crippen LogP contribution in [-0.4, -0.2) is 73.8 Å². The van der Waals surface area contributed by atoms with E-state index in [2.05, 4.69) is 26.6 Å². The molecule has 64 heavy (non-hydrogen) atoms. The molecule has 2 fully saturated rings. The van der Waals surface area contributed by atoms with Gasteiger partial charge in [0, 0.05) is 105 Å². The van der Waals surface area contributed by atoms with Gasteiger partial charge in [-0.1, -0.05) is 0 Å². The smallest absolute Gasteiger partial charge is 0.369 e. The minimum atomic E-state index is -4.60. The molecule has 1 unspecified atom stereocenters. The van der Waals surface area contributed by atoms with E-state index in [1.54, 1.807) is 14.7 Å². The Balaban J connectivity index is 0.000000191. The number of alkyl halides is 6. The van der Waals surface area contributed by atoms with Crippen LogP contribution in [0.4, 0.5) is 69.2 Å². The van der Waals surface area contributed by atoms with Crippen molar-refractivity contribution in [2.75, 3.05) is 70.3 Å². The Morgan fingerprint density at radius 1 is 0.641 bits per heavy atom. The van der Waals surface area contributed by atoms with Crippen LogP contribution in [0.3, 0.4) is 0 Å². The van der Waals surface area contributed by atoms with E-state index >= 15 is 0 Å². The lowest BCUT2D eigenvalue weighted by Gasteiger charge is -2.36. The van der Waals surface area contributed by atoms with Gasteiger partial charge in [0.05, 0.1) is 33.6 Å². The van der Waals surface area contributed by atoms with Gasteiger partial charge in [0.15, 0.2) is 0 Å². The van der Waals surface area contributed by atoms with Crippen LogP contribution in [0.15, 0.2) is 85.2 Å². The van der Waals surface area contributed by atoms with Gasteiger partial charge < -0.3 is 41.3 Å². The number of hydrogen-bond acceptors (Lipinski definition) is 8. The van der Waals surface area contributed by atoms with E-state index in [0.29, 0.717) is 61.6 Å². The number of nitrogens with one attached hydrogen (secondary N) is 5. The fourth-order valence-corrected chi connectivity index (χ4v) is 7.83. The molecule has 2 saturated heterocycles. The summed E-state index contributed by atoms with van der Waals surface area (Å²) in [5, 5.41) is 13.3. The van der Waals surface area contributed by atoms with Crippen LogP contribution in [0.1, 0.15) is 42.5 Å². The fourth-order valence-electron chi connectivity index (χ4n) is 7.83. The van der Waals surface area contributed by atoms with Gasteiger partial charge in [-0.3, -0.25) is 19.2 Å². The minimum Gasteiger partial charge on any atom is -0.369 e. The minimum absolute atomic E-state index is 0.0305. The Morgan fingerprint density at radius 3 is 1.55 bits per heavy atom. The summed E-state index contributed by atoms with van der Waals surface area (Å²) in [6.07, 6.45) is -6.03. The molecule has 0 aromatic heterocycles. The molecule has 336 valence electrons. The number of fused-ring (bicyclic) bond motifs is 2. The molecule has 1 atom stereocenters. The summed E-state index contributed by atoms with van der Waals surface area (Å²) in [6.45, 7) is 4.79. The molecule has 4 amide bonds. The van der Waals surface area contributed by atoms with Gasteiger partial charge in [-0.2, -0.15) is 26.3 Å². The Morgan fingerprint density at radius 2 is 1.11 bits per heavy atom. The van der Waals surface area contributed by atoms with Crippen molar-refractivity contribution < 1.29 is 54.3 Å². The van der Waals surface area contributed by atoms with Crippen molar-refractivity contribution in [3.05, 3.63) is 119 Å². The molecule has 0 saturated carbocycles. The second-order valence-corrected chi connectivity index (χ2v) is 15.3. The molecule has 0 aliphatic carbocycles. The zero-order chi connectivity index (χ0) is 46.1. The molecule has 8 rings (SSSR count). The van der Waals surface area contributed by atoms with Gasteiger partial charge in [0.25, 0.3) is 11.8 Å². The summed E-state index contributed by atoms with van der Waals surface area (Å²) >= 11 is 0. The average Bonchev–Trinajstić information content (AvgIpc) is 3.91.